The number of hydrogen-bond donors (Lipinski definition) is 0. The zero-order chi connectivity index (χ0) is 19.8. The molecule has 1 saturated carbocycles. The largest absolute Gasteiger partial charge is 0.435 e. The molecule has 0 aliphatic heterocycles. The molecular formula is C17H15F6N3O. The maximum atomic E-state index is 13.2. The number of aromatic nitrogens is 2. The van der Waals surface area contributed by atoms with Crippen molar-refractivity contribution in [2.75, 3.05) is 0 Å². The van der Waals surface area contributed by atoms with E-state index < -0.39 is 36.1 Å². The van der Waals surface area contributed by atoms with E-state index in [2.05, 4.69) is 5.10 Å². The molecule has 0 atom stereocenters. The molecule has 10 heteroatoms. The zero-order valence-corrected chi connectivity index (χ0v) is 13.9. The van der Waals surface area contributed by atoms with Crippen LogP contribution in [-0.4, -0.2) is 26.6 Å². The molecule has 4 nitrogen and oxygen atoms in total. The van der Waals surface area contributed by atoms with E-state index in [0.29, 0.717) is 12.8 Å². The highest BCUT2D eigenvalue weighted by Gasteiger charge is 2.37. The lowest BCUT2D eigenvalue weighted by Crippen LogP contribution is -2.36. The molecule has 0 spiro atoms. The summed E-state index contributed by atoms with van der Waals surface area (Å²) >= 11 is 0. The van der Waals surface area contributed by atoms with Crippen LogP contribution in [0.2, 0.25) is 0 Å². The van der Waals surface area contributed by atoms with Crippen LogP contribution in [-0.2, 0) is 30.2 Å². The van der Waals surface area contributed by atoms with Gasteiger partial charge in [0.2, 0.25) is 5.91 Å². The van der Waals surface area contributed by atoms with E-state index >= 15 is 0 Å². The Kier molecular flexibility index (Phi) is 4.92. The van der Waals surface area contributed by atoms with Gasteiger partial charge in [-0.1, -0.05) is 18.2 Å². The number of carbonyl (C=O) groups is 1. The van der Waals surface area contributed by atoms with Crippen LogP contribution in [0.5, 0.6) is 0 Å². The van der Waals surface area contributed by atoms with Gasteiger partial charge in [0, 0.05) is 18.8 Å². The molecule has 0 bridgehead atoms. The quantitative estimate of drug-likeness (QED) is 0.720. The molecule has 2 aromatic rings. The molecule has 0 radical (unpaired) electrons. The summed E-state index contributed by atoms with van der Waals surface area (Å²) in [6.07, 6.45) is -6.87. The maximum Gasteiger partial charge on any atom is 0.435 e. The number of halogens is 6. The van der Waals surface area contributed by atoms with Crippen LogP contribution in [0.3, 0.4) is 0 Å². The van der Waals surface area contributed by atoms with Gasteiger partial charge in [-0.25, -0.2) is 0 Å². The second-order valence-corrected chi connectivity index (χ2v) is 6.30. The third kappa shape index (κ3) is 4.61. The molecule has 146 valence electrons. The van der Waals surface area contributed by atoms with Crippen LogP contribution in [0, 0.1) is 0 Å². The second kappa shape index (κ2) is 6.90. The van der Waals surface area contributed by atoms with Crippen molar-refractivity contribution in [2.45, 2.75) is 44.3 Å². The van der Waals surface area contributed by atoms with Gasteiger partial charge in [0.25, 0.3) is 0 Å². The fourth-order valence-electron chi connectivity index (χ4n) is 2.76. The van der Waals surface area contributed by atoms with Gasteiger partial charge in [0.15, 0.2) is 5.69 Å². The SMILES string of the molecule is O=C(Cn1ccc(C(F)(F)F)n1)N(Cc1ccccc1C(F)(F)F)C1CC1. The van der Waals surface area contributed by atoms with Crippen LogP contribution >= 0.6 is 0 Å². The Morgan fingerprint density at radius 3 is 2.30 bits per heavy atom. The summed E-state index contributed by atoms with van der Waals surface area (Å²) in [4.78, 5) is 13.8. The Morgan fingerprint density at radius 2 is 1.74 bits per heavy atom. The van der Waals surface area contributed by atoms with E-state index in [4.69, 9.17) is 0 Å². The fourth-order valence-corrected chi connectivity index (χ4v) is 2.76. The molecule has 1 aliphatic rings. The number of nitrogens with zero attached hydrogens (tertiary/aromatic N) is 3. The lowest BCUT2D eigenvalue weighted by molar-refractivity contribution is -0.142. The van der Waals surface area contributed by atoms with E-state index in [0.717, 1.165) is 23.0 Å². The Balaban J connectivity index is 1.77. The summed E-state index contributed by atoms with van der Waals surface area (Å²) in [6.45, 7) is -0.729. The van der Waals surface area contributed by atoms with Crippen molar-refractivity contribution in [1.29, 1.82) is 0 Å². The number of amides is 1. The highest BCUT2D eigenvalue weighted by Crippen LogP contribution is 2.35. The second-order valence-electron chi connectivity index (χ2n) is 6.30. The normalized spacial score (nSPS) is 15.0. The zero-order valence-electron chi connectivity index (χ0n) is 13.9. The molecule has 1 heterocycles. The van der Waals surface area contributed by atoms with Crippen molar-refractivity contribution in [3.05, 3.63) is 53.3 Å². The fraction of sp³-hybridized carbons (Fsp3) is 0.412. The molecule has 0 N–H and O–H groups in total. The van der Waals surface area contributed by atoms with Gasteiger partial charge in [0.1, 0.15) is 6.54 Å². The summed E-state index contributed by atoms with van der Waals surface area (Å²) in [6, 6.07) is 5.47. The predicted molar refractivity (Wildman–Crippen MR) is 82.2 cm³/mol. The lowest BCUT2D eigenvalue weighted by Gasteiger charge is -2.24. The minimum absolute atomic E-state index is 0.0540. The minimum Gasteiger partial charge on any atom is -0.334 e. The van der Waals surface area contributed by atoms with Crippen LogP contribution in [0.1, 0.15) is 29.7 Å². The van der Waals surface area contributed by atoms with Crippen molar-refractivity contribution in [3.8, 4) is 0 Å². The Bertz CT molecular complexity index is 823. The van der Waals surface area contributed by atoms with Crippen molar-refractivity contribution in [3.63, 3.8) is 0 Å². The summed E-state index contributed by atoms with van der Waals surface area (Å²) < 4.78 is 78.1. The maximum absolute atomic E-state index is 13.2. The molecule has 3 rings (SSSR count). The number of benzene rings is 1. The van der Waals surface area contributed by atoms with Gasteiger partial charge >= 0.3 is 12.4 Å². The van der Waals surface area contributed by atoms with E-state index in [-0.39, 0.29) is 18.2 Å². The van der Waals surface area contributed by atoms with E-state index in [1.54, 1.807) is 0 Å². The van der Waals surface area contributed by atoms with Gasteiger partial charge < -0.3 is 4.90 Å². The molecular weight excluding hydrogens is 376 g/mol. The third-order valence-electron chi connectivity index (χ3n) is 4.20. The molecule has 1 amide bonds. The van der Waals surface area contributed by atoms with Gasteiger partial charge in [-0.05, 0) is 30.5 Å². The average Bonchev–Trinajstić information content (AvgIpc) is 3.29. The number of rotatable bonds is 5. The molecule has 0 saturated heterocycles. The van der Waals surface area contributed by atoms with Crippen LogP contribution in [0.25, 0.3) is 0 Å². The van der Waals surface area contributed by atoms with Crippen LogP contribution < -0.4 is 0 Å². The van der Waals surface area contributed by atoms with Gasteiger partial charge in [-0.15, -0.1) is 0 Å². The highest BCUT2D eigenvalue weighted by atomic mass is 19.4. The number of alkyl halides is 6. The first-order valence-corrected chi connectivity index (χ1v) is 8.11. The Morgan fingerprint density at radius 1 is 1.07 bits per heavy atom. The number of carbonyl (C=O) groups excluding carboxylic acids is 1. The van der Waals surface area contributed by atoms with Crippen molar-refractivity contribution in [1.82, 2.24) is 14.7 Å². The van der Waals surface area contributed by atoms with Crippen molar-refractivity contribution < 1.29 is 31.1 Å². The molecule has 1 aliphatic carbocycles. The van der Waals surface area contributed by atoms with Gasteiger partial charge in [0.05, 0.1) is 5.56 Å². The molecule has 1 aromatic carbocycles. The highest BCUT2D eigenvalue weighted by molar-refractivity contribution is 5.76. The molecule has 27 heavy (non-hydrogen) atoms. The topological polar surface area (TPSA) is 38.1 Å². The van der Waals surface area contributed by atoms with E-state index in [1.165, 1.54) is 23.1 Å². The van der Waals surface area contributed by atoms with Crippen molar-refractivity contribution in [2.24, 2.45) is 0 Å². The van der Waals surface area contributed by atoms with Gasteiger partial charge in [-0.2, -0.15) is 31.4 Å². The average molecular weight is 391 g/mol. The summed E-state index contributed by atoms with van der Waals surface area (Å²) in [5, 5.41) is 3.31. The summed E-state index contributed by atoms with van der Waals surface area (Å²) in [5.74, 6) is -0.577. The molecule has 1 fully saturated rings. The third-order valence-corrected chi connectivity index (χ3v) is 4.20. The smallest absolute Gasteiger partial charge is 0.334 e. The predicted octanol–water partition coefficient (Wildman–Crippen LogP) is 4.11. The van der Waals surface area contributed by atoms with E-state index in [9.17, 15) is 31.1 Å². The Hall–Kier alpha value is -2.52. The van der Waals surface area contributed by atoms with Crippen LogP contribution in [0.4, 0.5) is 26.3 Å². The first-order chi connectivity index (χ1) is 12.6. The van der Waals surface area contributed by atoms with Crippen molar-refractivity contribution >= 4 is 5.91 Å². The van der Waals surface area contributed by atoms with Crippen LogP contribution in [0.15, 0.2) is 36.5 Å². The molecule has 1 aromatic heterocycles. The minimum atomic E-state index is -4.63. The number of hydrogen-bond acceptors (Lipinski definition) is 2. The molecule has 0 unspecified atom stereocenters. The summed E-state index contributed by atoms with van der Waals surface area (Å²) in [7, 11) is 0. The summed E-state index contributed by atoms with van der Waals surface area (Å²) in [5.41, 5.74) is -2.01. The van der Waals surface area contributed by atoms with Gasteiger partial charge in [-0.3, -0.25) is 9.48 Å². The Labute approximate surface area is 150 Å². The first kappa shape index (κ1) is 19.2. The monoisotopic (exact) mass is 391 g/mol. The first-order valence-electron chi connectivity index (χ1n) is 8.11. The standard InChI is InChI=1S/C17H15F6N3O/c18-16(19,20)13-4-2-1-3-11(13)9-26(12-5-6-12)15(27)10-25-8-7-14(24-25)17(21,22)23/h1-4,7-8,12H,5-6,9-10H2. The van der Waals surface area contributed by atoms with E-state index in [1.807, 2.05) is 0 Å². The lowest BCUT2D eigenvalue weighted by atomic mass is 10.1.